The highest BCUT2D eigenvalue weighted by Gasteiger charge is 2.35. The van der Waals surface area contributed by atoms with Gasteiger partial charge in [0.25, 0.3) is 0 Å². The zero-order chi connectivity index (χ0) is 87.1. The molecule has 0 aliphatic heterocycles. The van der Waals surface area contributed by atoms with Gasteiger partial charge in [-0.05, 0) is 191 Å². The maximum atomic E-state index is 14.0. The molecule has 10 rings (SSSR count). The van der Waals surface area contributed by atoms with E-state index in [0.29, 0.717) is 136 Å². The summed E-state index contributed by atoms with van der Waals surface area (Å²) in [5, 5.41) is 17.3. The molecule has 27 nitrogen and oxygen atoms in total. The molecule has 119 heavy (non-hydrogen) atoms. The summed E-state index contributed by atoms with van der Waals surface area (Å²) in [4.78, 5) is 70.3. The number of nitrogens with zero attached hydrogens (tertiary/aromatic N) is 10. The Morgan fingerprint density at radius 3 is 1.27 bits per heavy atom. The summed E-state index contributed by atoms with van der Waals surface area (Å²) in [6.45, 7) is 38.3. The minimum Gasteiger partial charge on any atom is -0.464 e. The Morgan fingerprint density at radius 1 is 0.479 bits per heavy atom. The molecule has 10 aromatic rings. The number of furan rings is 3. The highest BCUT2D eigenvalue weighted by molar-refractivity contribution is 7.90. The van der Waals surface area contributed by atoms with E-state index in [1.807, 2.05) is 109 Å². The van der Waals surface area contributed by atoms with Gasteiger partial charge in [-0.15, -0.1) is 11.3 Å². The quantitative estimate of drug-likeness (QED) is 0.0258. The van der Waals surface area contributed by atoms with Crippen molar-refractivity contribution in [2.45, 2.75) is 221 Å². The molecule has 3 aromatic carbocycles. The number of thiazole rings is 1. The van der Waals surface area contributed by atoms with Crippen molar-refractivity contribution in [3.63, 3.8) is 0 Å². The number of sulfonamides is 3. The smallest absolute Gasteiger partial charge is 0.241 e. The van der Waals surface area contributed by atoms with Crippen LogP contribution in [0.3, 0.4) is 0 Å². The lowest BCUT2D eigenvalue weighted by molar-refractivity contribution is -0.135. The number of nitrogens with one attached hydrogen (secondary N) is 4. The van der Waals surface area contributed by atoms with Gasteiger partial charge >= 0.3 is 0 Å². The predicted octanol–water partition coefficient (Wildman–Crippen LogP) is 14.7. The van der Waals surface area contributed by atoms with E-state index in [4.69, 9.17) is 13.3 Å². The zero-order valence-electron chi connectivity index (χ0n) is 72.6. The van der Waals surface area contributed by atoms with Crippen LogP contribution in [0.2, 0.25) is 0 Å². The van der Waals surface area contributed by atoms with E-state index in [1.165, 1.54) is 37.0 Å². The Labute approximate surface area is 708 Å². The average molecular weight is 1720 g/mol. The summed E-state index contributed by atoms with van der Waals surface area (Å²) in [7, 11) is -7.97. The van der Waals surface area contributed by atoms with Crippen LogP contribution in [-0.2, 0) is 89.4 Å². The van der Waals surface area contributed by atoms with Gasteiger partial charge in [0.05, 0.1) is 68.5 Å². The van der Waals surface area contributed by atoms with E-state index in [0.717, 1.165) is 52.0 Å². The second-order valence-electron chi connectivity index (χ2n) is 33.9. The molecule has 0 aliphatic rings. The number of amides is 4. The number of hydrogen-bond acceptors (Lipinski definition) is 19. The predicted molar refractivity (Wildman–Crippen MR) is 468 cm³/mol. The van der Waals surface area contributed by atoms with Crippen molar-refractivity contribution in [1.82, 2.24) is 68.6 Å². The lowest BCUT2D eigenvalue weighted by Gasteiger charge is -2.30. The molecule has 0 saturated carbocycles. The number of rotatable bonds is 43. The molecular weight excluding hydrogens is 1590 g/mol. The lowest BCUT2D eigenvalue weighted by Crippen LogP contribution is -2.50. The first-order valence-corrected chi connectivity index (χ1v) is 46.7. The van der Waals surface area contributed by atoms with E-state index in [-0.39, 0.29) is 80.2 Å². The summed E-state index contributed by atoms with van der Waals surface area (Å²) in [6, 6.07) is 24.4. The third-order valence-corrected chi connectivity index (χ3v) is 25.2. The first kappa shape index (κ1) is 95.5. The highest BCUT2D eigenvalue weighted by Crippen LogP contribution is 2.28. The second kappa shape index (κ2) is 44.5. The Bertz CT molecular complexity index is 5150. The van der Waals surface area contributed by atoms with E-state index in [2.05, 4.69) is 98.2 Å². The summed E-state index contributed by atoms with van der Waals surface area (Å²) in [6.07, 6.45) is 11.8. The van der Waals surface area contributed by atoms with Crippen LogP contribution in [0.25, 0.3) is 32.9 Å². The summed E-state index contributed by atoms with van der Waals surface area (Å²) < 4.78 is 108. The van der Waals surface area contributed by atoms with Gasteiger partial charge in [-0.3, -0.25) is 38.4 Å². The van der Waals surface area contributed by atoms with Crippen molar-refractivity contribution >= 4 is 97.9 Å². The molecule has 31 heteroatoms. The van der Waals surface area contributed by atoms with Crippen molar-refractivity contribution in [2.24, 2.45) is 49.6 Å². The highest BCUT2D eigenvalue weighted by atomic mass is 32.2. The zero-order valence-corrected chi connectivity index (χ0v) is 75.9. The van der Waals surface area contributed by atoms with Crippen LogP contribution in [0.4, 0.5) is 0 Å². The van der Waals surface area contributed by atoms with Crippen LogP contribution in [0.15, 0.2) is 162 Å². The minimum absolute atomic E-state index is 0.0798. The van der Waals surface area contributed by atoms with E-state index in [9.17, 15) is 44.4 Å². The Kier molecular flexibility index (Phi) is 35.8. The molecule has 4 amide bonds. The number of fused-ring (bicyclic) bond motifs is 3. The van der Waals surface area contributed by atoms with Gasteiger partial charge in [0.1, 0.15) is 34.9 Å². The molecule has 7 aromatic heterocycles. The Morgan fingerprint density at radius 2 is 0.891 bits per heavy atom. The molecule has 0 aliphatic carbocycles. The minimum atomic E-state index is -3.97. The van der Waals surface area contributed by atoms with Crippen molar-refractivity contribution in [1.29, 1.82) is 0 Å². The van der Waals surface area contributed by atoms with Crippen LogP contribution in [0.1, 0.15) is 187 Å². The molecule has 3 atom stereocenters. The van der Waals surface area contributed by atoms with Crippen LogP contribution in [-0.4, -0.2) is 162 Å². The van der Waals surface area contributed by atoms with Crippen LogP contribution < -0.4 is 19.5 Å². The van der Waals surface area contributed by atoms with Gasteiger partial charge in [0, 0.05) is 118 Å². The number of aryl methyl sites for hydroxylation is 4. The fourth-order valence-corrected chi connectivity index (χ4v) is 18.5. The lowest BCUT2D eigenvalue weighted by atomic mass is 10.0. The summed E-state index contributed by atoms with van der Waals surface area (Å²) in [5.74, 6) is 0.914. The molecule has 0 saturated heterocycles. The van der Waals surface area contributed by atoms with Gasteiger partial charge in [0.15, 0.2) is 0 Å². The second-order valence-corrected chi connectivity index (χ2v) is 39.9. The van der Waals surface area contributed by atoms with Crippen molar-refractivity contribution in [2.75, 3.05) is 45.8 Å². The summed E-state index contributed by atoms with van der Waals surface area (Å²) in [5.41, 5.74) is 7.64. The van der Waals surface area contributed by atoms with Crippen LogP contribution in [0.5, 0.6) is 0 Å². The number of benzene rings is 3. The van der Waals surface area contributed by atoms with Gasteiger partial charge in [-0.1, -0.05) is 109 Å². The van der Waals surface area contributed by atoms with Gasteiger partial charge in [0.2, 0.25) is 53.7 Å². The molecule has 0 bridgehead atoms. The van der Waals surface area contributed by atoms with Gasteiger partial charge in [-0.2, -0.15) is 24.4 Å². The van der Waals surface area contributed by atoms with Crippen molar-refractivity contribution < 1.29 is 57.7 Å². The molecule has 0 fully saturated rings. The number of carbonyl (C=O) groups excluding carboxylic acids is 4. The van der Waals surface area contributed by atoms with Crippen molar-refractivity contribution in [3.05, 3.63) is 173 Å². The number of pyridine rings is 1. The first-order chi connectivity index (χ1) is 56.2. The molecule has 650 valence electrons. The maximum Gasteiger partial charge on any atom is 0.241 e. The Balaban J connectivity index is 0.000000225. The van der Waals surface area contributed by atoms with Gasteiger partial charge in [-0.25, -0.2) is 30.2 Å². The molecule has 7 heterocycles. The molecule has 4 N–H and O–H groups in total. The topological polar surface area (TPSA) is 333 Å². The molecular formula is C88H126N14O13S4. The SMILES string of the molecule is CC(C)CN(CC(C)C)C(=O)[C@H](CCCCNC(=O)Cc1cccnc1)NS(=O)(=O)c1ccc2occc2c1.CC(C)C[C@H](NS(=O)(=O)c1ccc2occc2c1)C(=O)N(Cc1csc(C(C)C)n1)CC(C)C.Cc1cc(CN(CCCC[C@H](NS(=O)(=O)c2ccc3occc3c2)C(=O)N(CC(C)C)CC(C)C)Cc2cc(C)n(C)n2)nn1C. The Hall–Kier alpha value is -8.95. The van der Waals surface area contributed by atoms with E-state index in [1.54, 1.807) is 94.2 Å². The number of unbranched alkanes of at least 4 members (excludes halogenated alkanes) is 2. The average Bonchev–Trinajstić information content (AvgIpc) is 1.78. The monoisotopic (exact) mass is 1710 g/mol. The van der Waals surface area contributed by atoms with Crippen LogP contribution >= 0.6 is 11.3 Å². The van der Waals surface area contributed by atoms with Crippen LogP contribution in [0, 0.1) is 49.4 Å². The largest absolute Gasteiger partial charge is 0.464 e. The maximum absolute atomic E-state index is 14.0. The number of aromatic nitrogens is 6. The summed E-state index contributed by atoms with van der Waals surface area (Å²) >= 11 is 1.59. The van der Waals surface area contributed by atoms with Gasteiger partial charge < -0.3 is 33.3 Å². The number of hydrogen-bond donors (Lipinski definition) is 4. The first-order valence-electron chi connectivity index (χ1n) is 41.4. The third-order valence-electron chi connectivity index (χ3n) is 19.6. The number of carbonyl (C=O) groups is 4. The fourth-order valence-electron chi connectivity index (χ4n) is 13.9. The standard InChI is InChI=1S/C34H51N7O4S.C29H40N4O5S.C25H35N3O4S2/c1-24(2)20-41(21-25(3)4)34(42)32(37-46(43,44)31-12-13-33-28(19-31)14-16-45-33)11-9-10-15-40(22-29-17-26(5)38(7)35-29)23-30-18-27(6)39(8)36-30;1-21(2)19-33(20-22(3)4)29(35)26(9-5-6-14-31-28(34)16-23-8-7-13-30-18-23)32-39(36,37)25-10-11-27-24(17-25)12-15-38-27;1-16(2)11-22(27-34(30,31)21-7-8-23-19(12-21)9-10-32-23)25(29)28(13-17(3)4)14-20-15-33-24(26-20)18(5)6/h12-14,16-19,24-25,32,37H,9-11,15,20-23H2,1-8H3;7-8,10-13,15,17-18,21-22,26,32H,5-6,9,14,16,19-20H2,1-4H3,(H,31,34);7-10,12,15-18,22,27H,11,13-14H2,1-6H3/t32-;26-;22-/m000/s1. The molecule has 0 radical (unpaired) electrons. The van der Waals surface area contributed by atoms with E-state index >= 15 is 0 Å². The van der Waals surface area contributed by atoms with Crippen molar-refractivity contribution in [3.8, 4) is 0 Å². The third kappa shape index (κ3) is 29.7. The molecule has 0 unspecified atom stereocenters. The fraction of sp³-hybridized carbons (Fsp3) is 0.523. The van der Waals surface area contributed by atoms with E-state index < -0.39 is 48.2 Å². The molecule has 0 spiro atoms. The normalized spacial score (nSPS) is 13.0.